The molecule has 0 amide bonds. The van der Waals surface area contributed by atoms with Gasteiger partial charge < -0.3 is 15.0 Å². The quantitative estimate of drug-likeness (QED) is 0.650. The van der Waals surface area contributed by atoms with Gasteiger partial charge in [0, 0.05) is 41.6 Å². The summed E-state index contributed by atoms with van der Waals surface area (Å²) < 4.78 is 18.4. The molecule has 0 bridgehead atoms. The molecule has 1 fully saturated rings. The van der Waals surface area contributed by atoms with Crippen LogP contribution in [0.1, 0.15) is 30.7 Å². The normalized spacial score (nSPS) is 15.9. The van der Waals surface area contributed by atoms with Gasteiger partial charge in [-0.1, -0.05) is 17.8 Å². The number of fused-ring (bicyclic) bond motifs is 1. The molecular formula is C18H20N4O2S2. The maximum absolute atomic E-state index is 12.6. The molecule has 3 aromatic heterocycles. The maximum Gasteiger partial charge on any atom is 0.232 e. The number of ether oxygens (including phenoxy) is 1. The molecule has 6 nitrogen and oxygen atoms in total. The van der Waals surface area contributed by atoms with Crippen molar-refractivity contribution in [2.24, 2.45) is 0 Å². The van der Waals surface area contributed by atoms with Crippen molar-refractivity contribution in [3.63, 3.8) is 0 Å². The van der Waals surface area contributed by atoms with E-state index in [-0.39, 0.29) is 0 Å². The van der Waals surface area contributed by atoms with Gasteiger partial charge >= 0.3 is 0 Å². The summed E-state index contributed by atoms with van der Waals surface area (Å²) in [6.45, 7) is 0.440. The Kier molecular flexibility index (Phi) is 5.08. The average molecular weight is 389 g/mol. The van der Waals surface area contributed by atoms with Crippen LogP contribution in [0.3, 0.4) is 0 Å². The fraction of sp³-hybridized carbons (Fsp3) is 0.389. The van der Waals surface area contributed by atoms with Crippen molar-refractivity contribution in [2.75, 3.05) is 25.2 Å². The number of rotatable bonds is 6. The van der Waals surface area contributed by atoms with Crippen molar-refractivity contribution in [3.8, 4) is 11.3 Å². The van der Waals surface area contributed by atoms with Crippen LogP contribution in [0.2, 0.25) is 0 Å². The smallest absolute Gasteiger partial charge is 0.232 e. The minimum Gasteiger partial charge on any atom is -0.611 e. The summed E-state index contributed by atoms with van der Waals surface area (Å²) in [5.41, 5.74) is 9.98. The van der Waals surface area contributed by atoms with E-state index in [1.807, 2.05) is 0 Å². The van der Waals surface area contributed by atoms with Crippen molar-refractivity contribution < 1.29 is 9.29 Å². The first-order valence-electron chi connectivity index (χ1n) is 8.54. The first-order valence-corrected chi connectivity index (χ1v) is 10.7. The number of nitrogens with zero attached hydrogens (tertiary/aromatic N) is 3. The number of nitrogens with two attached hydrogens (primary N) is 1. The van der Waals surface area contributed by atoms with Crippen molar-refractivity contribution in [2.45, 2.75) is 29.4 Å². The SMILES string of the molecule is COCC[S@+]([O-])c1sc2nc(-c3cncnc3)cc(C3CCC3)c2c1N. The lowest BCUT2D eigenvalue weighted by Crippen LogP contribution is -2.12. The Balaban J connectivity index is 1.85. The molecule has 1 aliphatic rings. The monoisotopic (exact) mass is 388 g/mol. The van der Waals surface area contributed by atoms with E-state index in [9.17, 15) is 4.55 Å². The molecule has 0 spiro atoms. The van der Waals surface area contributed by atoms with Crippen molar-refractivity contribution in [1.29, 1.82) is 0 Å². The highest BCUT2D eigenvalue weighted by molar-refractivity contribution is 7.93. The van der Waals surface area contributed by atoms with Crippen LogP contribution >= 0.6 is 11.3 Å². The number of pyridine rings is 1. The van der Waals surface area contributed by atoms with Gasteiger partial charge in [-0.2, -0.15) is 0 Å². The van der Waals surface area contributed by atoms with E-state index in [0.29, 0.717) is 28.2 Å². The minimum absolute atomic E-state index is 0.436. The van der Waals surface area contributed by atoms with Crippen LogP contribution < -0.4 is 5.73 Å². The third-order valence-electron chi connectivity index (χ3n) is 4.78. The lowest BCUT2D eigenvalue weighted by molar-refractivity contribution is 0.217. The summed E-state index contributed by atoms with van der Waals surface area (Å²) in [4.78, 5) is 13.8. The molecule has 1 atom stereocenters. The maximum atomic E-state index is 12.6. The number of hydrogen-bond acceptors (Lipinski definition) is 7. The first kappa shape index (κ1) is 17.7. The van der Waals surface area contributed by atoms with Gasteiger partial charge in [0.05, 0.1) is 12.3 Å². The van der Waals surface area contributed by atoms with Gasteiger partial charge in [0.15, 0.2) is 0 Å². The second kappa shape index (κ2) is 7.48. The molecule has 8 heteroatoms. The number of aromatic nitrogens is 3. The van der Waals surface area contributed by atoms with Gasteiger partial charge in [0.25, 0.3) is 0 Å². The van der Waals surface area contributed by atoms with E-state index in [1.54, 1.807) is 19.5 Å². The number of nitrogen functional groups attached to an aromatic ring is 1. The summed E-state index contributed by atoms with van der Waals surface area (Å²) in [5, 5.41) is 0.973. The van der Waals surface area contributed by atoms with E-state index < -0.39 is 11.2 Å². The summed E-state index contributed by atoms with van der Waals surface area (Å²) in [5.74, 6) is 0.923. The lowest BCUT2D eigenvalue weighted by Gasteiger charge is -2.27. The van der Waals surface area contributed by atoms with Gasteiger partial charge in [0.1, 0.15) is 22.6 Å². The molecule has 0 aliphatic heterocycles. The zero-order chi connectivity index (χ0) is 18.1. The molecule has 0 radical (unpaired) electrons. The van der Waals surface area contributed by atoms with E-state index in [0.717, 1.165) is 34.3 Å². The lowest BCUT2D eigenvalue weighted by atomic mass is 9.79. The fourth-order valence-electron chi connectivity index (χ4n) is 3.17. The van der Waals surface area contributed by atoms with E-state index in [1.165, 1.54) is 29.6 Å². The Morgan fingerprint density at radius 3 is 2.77 bits per heavy atom. The number of methoxy groups -OCH3 is 1. The molecule has 0 saturated heterocycles. The number of anilines is 1. The molecule has 1 aliphatic carbocycles. The molecular weight excluding hydrogens is 368 g/mol. The Morgan fingerprint density at radius 1 is 1.35 bits per heavy atom. The number of hydrogen-bond donors (Lipinski definition) is 1. The highest BCUT2D eigenvalue weighted by Gasteiger charge is 2.29. The zero-order valence-corrected chi connectivity index (χ0v) is 16.1. The van der Waals surface area contributed by atoms with Gasteiger partial charge in [-0.3, -0.25) is 0 Å². The molecule has 1 saturated carbocycles. The topological polar surface area (TPSA) is 97.0 Å². The van der Waals surface area contributed by atoms with Crippen LogP contribution in [-0.4, -0.2) is 39.0 Å². The highest BCUT2D eigenvalue weighted by Crippen LogP contribution is 2.46. The molecule has 4 rings (SSSR count). The van der Waals surface area contributed by atoms with E-state index >= 15 is 0 Å². The summed E-state index contributed by atoms with van der Waals surface area (Å²) >= 11 is 0.245. The van der Waals surface area contributed by atoms with Crippen molar-refractivity contribution in [3.05, 3.63) is 30.4 Å². The molecule has 2 N–H and O–H groups in total. The molecule has 3 heterocycles. The summed E-state index contributed by atoms with van der Waals surface area (Å²) in [6, 6.07) is 2.11. The van der Waals surface area contributed by atoms with Crippen LogP contribution in [0.25, 0.3) is 21.5 Å². The molecule has 136 valence electrons. The Labute approximate surface area is 159 Å². The van der Waals surface area contributed by atoms with Crippen molar-refractivity contribution in [1.82, 2.24) is 15.0 Å². The second-order valence-corrected chi connectivity index (χ2v) is 9.14. The Morgan fingerprint density at radius 2 is 2.12 bits per heavy atom. The average Bonchev–Trinajstić information content (AvgIpc) is 2.96. The summed E-state index contributed by atoms with van der Waals surface area (Å²) in [6.07, 6.45) is 8.58. The van der Waals surface area contributed by atoms with Crippen LogP contribution in [0, 0.1) is 0 Å². The summed E-state index contributed by atoms with van der Waals surface area (Å²) in [7, 11) is 1.61. The predicted molar refractivity (Wildman–Crippen MR) is 105 cm³/mol. The van der Waals surface area contributed by atoms with Crippen LogP contribution in [-0.2, 0) is 15.9 Å². The Hall–Kier alpha value is -1.74. The van der Waals surface area contributed by atoms with Crippen LogP contribution in [0.5, 0.6) is 0 Å². The first-order chi connectivity index (χ1) is 12.7. The fourth-order valence-corrected chi connectivity index (χ4v) is 5.74. The Bertz CT molecular complexity index is 912. The molecule has 0 aromatic carbocycles. The zero-order valence-electron chi connectivity index (χ0n) is 14.5. The highest BCUT2D eigenvalue weighted by atomic mass is 32.2. The molecule has 26 heavy (non-hydrogen) atoms. The van der Waals surface area contributed by atoms with Gasteiger partial charge in [-0.15, -0.1) is 0 Å². The van der Waals surface area contributed by atoms with Crippen molar-refractivity contribution >= 4 is 38.4 Å². The largest absolute Gasteiger partial charge is 0.611 e. The second-order valence-electron chi connectivity index (χ2n) is 6.38. The van der Waals surface area contributed by atoms with E-state index in [2.05, 4.69) is 16.0 Å². The van der Waals surface area contributed by atoms with E-state index in [4.69, 9.17) is 15.5 Å². The minimum atomic E-state index is -1.18. The third-order valence-corrected chi connectivity index (χ3v) is 7.65. The van der Waals surface area contributed by atoms with Crippen LogP contribution in [0.15, 0.2) is 29.0 Å². The standard InChI is InChI=1S/C18H20N4O2S2/c1-24-5-6-26(23)18-16(19)15-13(11-3-2-4-11)7-14(22-17(15)25-18)12-8-20-10-21-9-12/h7-11H,2-6,19H2,1H3/t26-/m0/s1. The van der Waals surface area contributed by atoms with Gasteiger partial charge in [0.2, 0.25) is 4.21 Å². The van der Waals surface area contributed by atoms with Crippen LogP contribution in [0.4, 0.5) is 5.69 Å². The van der Waals surface area contributed by atoms with Gasteiger partial charge in [-0.25, -0.2) is 15.0 Å². The third kappa shape index (κ3) is 3.18. The number of thiophene rings is 1. The molecule has 3 aromatic rings. The predicted octanol–water partition coefficient (Wildman–Crippen LogP) is 3.36. The molecule has 0 unspecified atom stereocenters. The van der Waals surface area contributed by atoms with Gasteiger partial charge in [-0.05, 0) is 30.4 Å².